The van der Waals surface area contributed by atoms with E-state index in [-0.39, 0.29) is 17.9 Å². The van der Waals surface area contributed by atoms with Crippen LogP contribution in [0.5, 0.6) is 5.75 Å². The summed E-state index contributed by atoms with van der Waals surface area (Å²) in [5.74, 6) is 0.876. The summed E-state index contributed by atoms with van der Waals surface area (Å²) >= 11 is 0. The minimum Gasteiger partial charge on any atom is -0.491 e. The number of carbonyl (C=O) groups is 2. The topological polar surface area (TPSA) is 76.9 Å². The normalized spacial score (nSPS) is 18.2. The average molecular weight is 485 g/mol. The van der Waals surface area contributed by atoms with Crippen LogP contribution in [0.2, 0.25) is 0 Å². The third-order valence-electron chi connectivity index (χ3n) is 6.38. The van der Waals surface area contributed by atoms with Crippen LogP contribution >= 0.6 is 0 Å². The zero-order valence-electron chi connectivity index (χ0n) is 21.6. The Balaban J connectivity index is 1.90. The number of hydrogen-bond donors (Lipinski definition) is 0. The number of fused-ring (bicyclic) bond motifs is 1. The number of aryl methyl sites for hydroxylation is 1. The monoisotopic (exact) mass is 484 g/mol. The van der Waals surface area contributed by atoms with Crippen LogP contribution in [-0.4, -0.2) is 77.4 Å². The van der Waals surface area contributed by atoms with Crippen LogP contribution in [0.4, 0.5) is 0 Å². The fourth-order valence-electron chi connectivity index (χ4n) is 4.56. The Morgan fingerprint density at radius 1 is 1.17 bits per heavy atom. The van der Waals surface area contributed by atoms with Gasteiger partial charge in [0.25, 0.3) is 11.8 Å². The van der Waals surface area contributed by atoms with Gasteiger partial charge in [0.1, 0.15) is 12.4 Å². The maximum absolute atomic E-state index is 13.5. The Bertz CT molecular complexity index is 958. The summed E-state index contributed by atoms with van der Waals surface area (Å²) in [6.07, 6.45) is 8.01. The molecule has 0 aliphatic carbocycles. The van der Waals surface area contributed by atoms with Gasteiger partial charge in [-0.1, -0.05) is 38.8 Å². The van der Waals surface area contributed by atoms with E-state index in [2.05, 4.69) is 18.9 Å². The van der Waals surface area contributed by atoms with Crippen molar-refractivity contribution < 1.29 is 19.1 Å². The lowest BCUT2D eigenvalue weighted by atomic mass is 10.0. The molecule has 35 heavy (non-hydrogen) atoms. The molecule has 3 rings (SSSR count). The van der Waals surface area contributed by atoms with E-state index in [9.17, 15) is 9.59 Å². The van der Waals surface area contributed by atoms with E-state index in [1.54, 1.807) is 24.2 Å². The molecule has 0 fully saturated rings. The van der Waals surface area contributed by atoms with Gasteiger partial charge < -0.3 is 19.3 Å². The lowest BCUT2D eigenvalue weighted by molar-refractivity contribution is 0.0561. The van der Waals surface area contributed by atoms with E-state index in [0.717, 1.165) is 32.1 Å². The smallest absolute Gasteiger partial charge is 0.257 e. The number of amides is 2. The number of ether oxygens (including phenoxy) is 2. The van der Waals surface area contributed by atoms with Crippen LogP contribution in [0.3, 0.4) is 0 Å². The molecule has 0 saturated carbocycles. The van der Waals surface area contributed by atoms with Crippen LogP contribution < -0.4 is 4.74 Å². The van der Waals surface area contributed by atoms with Gasteiger partial charge in [0, 0.05) is 40.0 Å². The lowest BCUT2D eigenvalue weighted by Crippen LogP contribution is -2.45. The summed E-state index contributed by atoms with van der Waals surface area (Å²) < 4.78 is 13.2. The van der Waals surface area contributed by atoms with Crippen molar-refractivity contribution in [2.45, 2.75) is 52.0 Å². The molecule has 0 unspecified atom stereocenters. The quantitative estimate of drug-likeness (QED) is 0.619. The van der Waals surface area contributed by atoms with Crippen LogP contribution in [0.25, 0.3) is 0 Å². The number of aromatic nitrogens is 2. The van der Waals surface area contributed by atoms with Crippen molar-refractivity contribution in [3.05, 3.63) is 47.8 Å². The van der Waals surface area contributed by atoms with Gasteiger partial charge in [-0.2, -0.15) is 5.10 Å². The summed E-state index contributed by atoms with van der Waals surface area (Å²) in [6.45, 7) is 7.02. The largest absolute Gasteiger partial charge is 0.491 e. The molecular formula is C27H40N4O4. The molecule has 1 aliphatic heterocycles. The number of carbonyl (C=O) groups excluding carboxylic acids is 2. The molecule has 0 N–H and O–H groups in total. The zero-order chi connectivity index (χ0) is 25.2. The maximum Gasteiger partial charge on any atom is 0.257 e. The van der Waals surface area contributed by atoms with Gasteiger partial charge >= 0.3 is 0 Å². The maximum atomic E-state index is 13.5. The fraction of sp³-hybridized carbons (Fsp3) is 0.593. The molecule has 0 saturated heterocycles. The second kappa shape index (κ2) is 13.3. The number of methoxy groups -OCH3 is 1. The highest BCUT2D eigenvalue weighted by atomic mass is 16.5. The van der Waals surface area contributed by atoms with Crippen molar-refractivity contribution in [3.63, 3.8) is 0 Å². The Hall–Kier alpha value is -2.87. The Labute approximate surface area is 209 Å². The van der Waals surface area contributed by atoms with Crippen molar-refractivity contribution in [3.8, 4) is 5.75 Å². The Morgan fingerprint density at radius 2 is 1.91 bits per heavy atom. The van der Waals surface area contributed by atoms with Crippen molar-refractivity contribution in [2.24, 2.45) is 13.0 Å². The van der Waals surface area contributed by atoms with Gasteiger partial charge in [0.05, 0.1) is 30.0 Å². The summed E-state index contributed by atoms with van der Waals surface area (Å²) in [4.78, 5) is 30.8. The van der Waals surface area contributed by atoms with Crippen LogP contribution in [0.1, 0.15) is 66.7 Å². The molecule has 1 aliphatic rings. The Morgan fingerprint density at radius 3 is 2.60 bits per heavy atom. The molecule has 0 bridgehead atoms. The second-order valence-corrected chi connectivity index (χ2v) is 9.69. The van der Waals surface area contributed by atoms with Gasteiger partial charge in [-0.25, -0.2) is 0 Å². The first-order chi connectivity index (χ1) is 16.9. The van der Waals surface area contributed by atoms with Gasteiger partial charge in [0.2, 0.25) is 0 Å². The summed E-state index contributed by atoms with van der Waals surface area (Å²) in [5.41, 5.74) is 1.14. The van der Waals surface area contributed by atoms with Crippen molar-refractivity contribution >= 4 is 11.8 Å². The number of benzene rings is 1. The molecule has 1 atom stereocenters. The third kappa shape index (κ3) is 7.56. The molecule has 1 aromatic heterocycles. The second-order valence-electron chi connectivity index (χ2n) is 9.69. The minimum atomic E-state index is -0.113. The van der Waals surface area contributed by atoms with Crippen molar-refractivity contribution in [1.82, 2.24) is 19.6 Å². The predicted octanol–water partition coefficient (Wildman–Crippen LogP) is 4.02. The SMILES string of the molecule is COCCN1CCCCCCN(C(=O)c2cnn(C)c2)[C@@H](CC(C)C)COc2ccccc2C1=O. The van der Waals surface area contributed by atoms with Gasteiger partial charge in [-0.05, 0) is 37.3 Å². The molecule has 1 aromatic carbocycles. The van der Waals surface area contributed by atoms with Crippen molar-refractivity contribution in [2.75, 3.05) is 40.0 Å². The number of para-hydroxylation sites is 1. The molecule has 192 valence electrons. The molecule has 8 heteroatoms. The third-order valence-corrected chi connectivity index (χ3v) is 6.38. The van der Waals surface area contributed by atoms with E-state index in [0.29, 0.717) is 55.6 Å². The first-order valence-corrected chi connectivity index (χ1v) is 12.7. The van der Waals surface area contributed by atoms with Crippen LogP contribution in [0, 0.1) is 5.92 Å². The molecule has 0 spiro atoms. The first-order valence-electron chi connectivity index (χ1n) is 12.7. The standard InChI is InChI=1S/C27H40N4O4/c1-21(2)17-23-20-35-25-12-8-7-11-24(25)27(33)30(15-16-34-4)13-9-5-6-10-14-31(23)26(32)22-18-28-29(3)19-22/h7-8,11-12,18-19,21,23H,5-6,9-10,13-17,20H2,1-4H3/t23-/m0/s1. The van der Waals surface area contributed by atoms with E-state index < -0.39 is 0 Å². The van der Waals surface area contributed by atoms with E-state index in [1.807, 2.05) is 41.1 Å². The number of hydrogen-bond acceptors (Lipinski definition) is 5. The highest BCUT2D eigenvalue weighted by Gasteiger charge is 2.28. The van der Waals surface area contributed by atoms with Gasteiger partial charge in [-0.3, -0.25) is 14.3 Å². The van der Waals surface area contributed by atoms with Crippen LogP contribution in [-0.2, 0) is 11.8 Å². The predicted molar refractivity (Wildman–Crippen MR) is 136 cm³/mol. The zero-order valence-corrected chi connectivity index (χ0v) is 21.6. The number of rotatable bonds is 6. The van der Waals surface area contributed by atoms with E-state index in [4.69, 9.17) is 9.47 Å². The fourth-order valence-corrected chi connectivity index (χ4v) is 4.56. The molecule has 0 radical (unpaired) electrons. The number of nitrogens with zero attached hydrogens (tertiary/aromatic N) is 4. The highest BCUT2D eigenvalue weighted by molar-refractivity contribution is 5.97. The highest BCUT2D eigenvalue weighted by Crippen LogP contribution is 2.24. The van der Waals surface area contributed by atoms with Crippen LogP contribution in [0.15, 0.2) is 36.7 Å². The minimum absolute atomic E-state index is 0.0189. The molecule has 2 aromatic rings. The van der Waals surface area contributed by atoms with Crippen molar-refractivity contribution in [1.29, 1.82) is 0 Å². The lowest BCUT2D eigenvalue weighted by Gasteiger charge is -2.33. The molecule has 2 heterocycles. The molecular weight excluding hydrogens is 444 g/mol. The van der Waals surface area contributed by atoms with E-state index >= 15 is 0 Å². The van der Waals surface area contributed by atoms with Gasteiger partial charge in [0.15, 0.2) is 0 Å². The Kier molecular flexibility index (Phi) is 10.1. The van der Waals surface area contributed by atoms with Gasteiger partial charge in [-0.15, -0.1) is 0 Å². The molecule has 8 nitrogen and oxygen atoms in total. The average Bonchev–Trinajstić information content (AvgIpc) is 3.28. The summed E-state index contributed by atoms with van der Waals surface area (Å²) in [6, 6.07) is 7.29. The van der Waals surface area contributed by atoms with E-state index in [1.165, 1.54) is 0 Å². The molecule has 2 amide bonds. The summed E-state index contributed by atoms with van der Waals surface area (Å²) in [5, 5.41) is 4.20. The summed E-state index contributed by atoms with van der Waals surface area (Å²) in [7, 11) is 3.47. The first kappa shape index (κ1) is 26.7.